The van der Waals surface area contributed by atoms with Crippen LogP contribution in [-0.2, 0) is 4.79 Å². The number of nitrogens with zero attached hydrogens (tertiary/aromatic N) is 1. The van der Waals surface area contributed by atoms with Crippen LogP contribution in [0, 0.1) is 6.92 Å². The molecule has 2 aromatic carbocycles. The Kier molecular flexibility index (Phi) is 5.57. The number of aryl methyl sites for hydroxylation is 1. The molecule has 6 heteroatoms. The first-order valence-corrected chi connectivity index (χ1v) is 6.98. The molecule has 0 aliphatic rings. The maximum absolute atomic E-state index is 12.0. The molecule has 1 amide bonds. The zero-order valence-corrected chi connectivity index (χ0v) is 12.9. The van der Waals surface area contributed by atoms with Gasteiger partial charge in [0.15, 0.2) is 18.1 Å². The second-order valence-corrected chi connectivity index (χ2v) is 4.81. The molecule has 0 saturated heterocycles. The van der Waals surface area contributed by atoms with E-state index in [1.54, 1.807) is 18.2 Å². The number of rotatable bonds is 6. The zero-order valence-electron chi connectivity index (χ0n) is 12.9. The summed E-state index contributed by atoms with van der Waals surface area (Å²) in [5.74, 6) is 0.621. The molecule has 0 fully saturated rings. The summed E-state index contributed by atoms with van der Waals surface area (Å²) in [5, 5.41) is 14.3. The Bertz CT molecular complexity index is 713. The van der Waals surface area contributed by atoms with E-state index in [1.165, 1.54) is 13.3 Å². The lowest BCUT2D eigenvalue weighted by atomic mass is 10.2. The van der Waals surface area contributed by atoms with Crippen molar-refractivity contribution in [2.75, 3.05) is 19.0 Å². The number of methoxy groups -OCH3 is 1. The van der Waals surface area contributed by atoms with Gasteiger partial charge in [-0.3, -0.25) is 4.79 Å². The van der Waals surface area contributed by atoms with Crippen LogP contribution in [0.25, 0.3) is 0 Å². The van der Waals surface area contributed by atoms with Gasteiger partial charge in [-0.15, -0.1) is 0 Å². The number of benzene rings is 2. The number of carbonyl (C=O) groups is 1. The fourth-order valence-electron chi connectivity index (χ4n) is 1.99. The SMILES string of the molecule is COc1cc(/C=N\O)ccc1OCC(=O)Nc1ccccc1C. The van der Waals surface area contributed by atoms with Crippen LogP contribution in [0.1, 0.15) is 11.1 Å². The molecule has 120 valence electrons. The zero-order chi connectivity index (χ0) is 16.7. The van der Waals surface area contributed by atoms with Crippen LogP contribution >= 0.6 is 0 Å². The van der Waals surface area contributed by atoms with E-state index < -0.39 is 0 Å². The van der Waals surface area contributed by atoms with Crippen molar-refractivity contribution in [3.05, 3.63) is 53.6 Å². The highest BCUT2D eigenvalue weighted by Crippen LogP contribution is 2.27. The van der Waals surface area contributed by atoms with Crippen molar-refractivity contribution in [3.63, 3.8) is 0 Å². The van der Waals surface area contributed by atoms with Crippen molar-refractivity contribution < 1.29 is 19.5 Å². The summed E-state index contributed by atoms with van der Waals surface area (Å²) < 4.78 is 10.7. The number of hydrogen-bond acceptors (Lipinski definition) is 5. The molecule has 0 bridgehead atoms. The summed E-state index contributed by atoms with van der Waals surface area (Å²) in [7, 11) is 1.50. The first kappa shape index (κ1) is 16.4. The van der Waals surface area contributed by atoms with Crippen molar-refractivity contribution in [2.24, 2.45) is 5.16 Å². The van der Waals surface area contributed by atoms with E-state index >= 15 is 0 Å². The smallest absolute Gasteiger partial charge is 0.262 e. The second kappa shape index (κ2) is 7.84. The molecule has 0 aromatic heterocycles. The number of ether oxygens (including phenoxy) is 2. The highest BCUT2D eigenvalue weighted by molar-refractivity contribution is 5.92. The van der Waals surface area contributed by atoms with Gasteiger partial charge in [-0.25, -0.2) is 0 Å². The maximum atomic E-state index is 12.0. The molecule has 0 unspecified atom stereocenters. The molecule has 0 radical (unpaired) electrons. The van der Waals surface area contributed by atoms with Gasteiger partial charge in [0, 0.05) is 11.3 Å². The van der Waals surface area contributed by atoms with Crippen molar-refractivity contribution in [3.8, 4) is 11.5 Å². The van der Waals surface area contributed by atoms with Gasteiger partial charge in [-0.1, -0.05) is 23.4 Å². The third-order valence-corrected chi connectivity index (χ3v) is 3.17. The van der Waals surface area contributed by atoms with Gasteiger partial charge in [0.2, 0.25) is 0 Å². The van der Waals surface area contributed by atoms with E-state index in [0.717, 1.165) is 11.3 Å². The number of anilines is 1. The number of hydrogen-bond donors (Lipinski definition) is 2. The van der Waals surface area contributed by atoms with Gasteiger partial charge in [0.1, 0.15) is 0 Å². The minimum Gasteiger partial charge on any atom is -0.493 e. The lowest BCUT2D eigenvalue weighted by Crippen LogP contribution is -2.20. The van der Waals surface area contributed by atoms with Gasteiger partial charge in [-0.2, -0.15) is 0 Å². The van der Waals surface area contributed by atoms with Crippen LogP contribution in [0.15, 0.2) is 47.6 Å². The van der Waals surface area contributed by atoms with Gasteiger partial charge < -0.3 is 20.0 Å². The van der Waals surface area contributed by atoms with E-state index in [4.69, 9.17) is 14.7 Å². The average molecular weight is 314 g/mol. The molecule has 2 N–H and O–H groups in total. The van der Waals surface area contributed by atoms with E-state index in [0.29, 0.717) is 17.1 Å². The van der Waals surface area contributed by atoms with Crippen LogP contribution < -0.4 is 14.8 Å². The normalized spacial score (nSPS) is 10.5. The molecule has 0 aliphatic carbocycles. The van der Waals surface area contributed by atoms with E-state index in [-0.39, 0.29) is 12.5 Å². The summed E-state index contributed by atoms with van der Waals surface area (Å²) in [4.78, 5) is 12.0. The van der Waals surface area contributed by atoms with Gasteiger partial charge in [0.25, 0.3) is 5.91 Å². The Morgan fingerprint density at radius 3 is 2.74 bits per heavy atom. The highest BCUT2D eigenvalue weighted by Gasteiger charge is 2.09. The first-order valence-electron chi connectivity index (χ1n) is 6.98. The molecule has 6 nitrogen and oxygen atoms in total. The number of carbonyl (C=O) groups excluding carboxylic acids is 1. The molecule has 0 atom stereocenters. The Hall–Kier alpha value is -3.02. The number of nitrogens with one attached hydrogen (secondary N) is 1. The Morgan fingerprint density at radius 2 is 2.04 bits per heavy atom. The van der Waals surface area contributed by atoms with Crippen molar-refractivity contribution >= 4 is 17.8 Å². The summed E-state index contributed by atoms with van der Waals surface area (Å²) in [5.41, 5.74) is 2.38. The quantitative estimate of drug-likeness (QED) is 0.488. The Labute approximate surface area is 134 Å². The van der Waals surface area contributed by atoms with Crippen LogP contribution in [0.3, 0.4) is 0 Å². The topological polar surface area (TPSA) is 80.2 Å². The van der Waals surface area contributed by atoms with Crippen LogP contribution in [-0.4, -0.2) is 31.0 Å². The van der Waals surface area contributed by atoms with E-state index in [2.05, 4.69) is 10.5 Å². The van der Waals surface area contributed by atoms with Crippen molar-refractivity contribution in [1.29, 1.82) is 0 Å². The van der Waals surface area contributed by atoms with E-state index in [1.807, 2.05) is 31.2 Å². The maximum Gasteiger partial charge on any atom is 0.262 e. The molecule has 0 heterocycles. The fraction of sp³-hybridized carbons (Fsp3) is 0.176. The first-order chi connectivity index (χ1) is 11.1. The monoisotopic (exact) mass is 314 g/mol. The molecule has 0 saturated carbocycles. The van der Waals surface area contributed by atoms with Gasteiger partial charge >= 0.3 is 0 Å². The number of amides is 1. The van der Waals surface area contributed by atoms with Crippen LogP contribution in [0.2, 0.25) is 0 Å². The summed E-state index contributed by atoms with van der Waals surface area (Å²) in [6.45, 7) is 1.78. The standard InChI is InChI=1S/C17H18N2O4/c1-12-5-3-4-6-14(12)19-17(20)11-23-15-8-7-13(10-18-21)9-16(15)22-2/h3-10,21H,11H2,1-2H3,(H,19,20)/b18-10-. The minimum atomic E-state index is -0.262. The van der Waals surface area contributed by atoms with Crippen LogP contribution in [0.5, 0.6) is 11.5 Å². The lowest BCUT2D eigenvalue weighted by Gasteiger charge is -2.12. The van der Waals surface area contributed by atoms with Crippen molar-refractivity contribution in [2.45, 2.75) is 6.92 Å². The van der Waals surface area contributed by atoms with Gasteiger partial charge in [0.05, 0.1) is 13.3 Å². The lowest BCUT2D eigenvalue weighted by molar-refractivity contribution is -0.118. The van der Waals surface area contributed by atoms with Crippen molar-refractivity contribution in [1.82, 2.24) is 0 Å². The van der Waals surface area contributed by atoms with Crippen LogP contribution in [0.4, 0.5) is 5.69 Å². The average Bonchev–Trinajstić information content (AvgIpc) is 2.56. The molecular formula is C17H18N2O4. The Balaban J connectivity index is 2.00. The highest BCUT2D eigenvalue weighted by atomic mass is 16.5. The molecule has 2 rings (SSSR count). The molecule has 2 aromatic rings. The minimum absolute atomic E-state index is 0.141. The molecule has 0 spiro atoms. The second-order valence-electron chi connectivity index (χ2n) is 4.81. The van der Waals surface area contributed by atoms with Gasteiger partial charge in [-0.05, 0) is 36.8 Å². The number of oxime groups is 1. The Morgan fingerprint density at radius 1 is 1.26 bits per heavy atom. The molecule has 23 heavy (non-hydrogen) atoms. The summed E-state index contributed by atoms with van der Waals surface area (Å²) in [6, 6.07) is 12.5. The molecular weight excluding hydrogens is 296 g/mol. The predicted molar refractivity (Wildman–Crippen MR) is 87.7 cm³/mol. The third kappa shape index (κ3) is 4.47. The largest absolute Gasteiger partial charge is 0.493 e. The molecule has 0 aliphatic heterocycles. The third-order valence-electron chi connectivity index (χ3n) is 3.17. The predicted octanol–water partition coefficient (Wildman–Crippen LogP) is 2.83. The number of para-hydroxylation sites is 1. The summed E-state index contributed by atoms with van der Waals surface area (Å²) in [6.07, 6.45) is 1.27. The summed E-state index contributed by atoms with van der Waals surface area (Å²) >= 11 is 0. The van der Waals surface area contributed by atoms with E-state index in [9.17, 15) is 4.79 Å². The fourth-order valence-corrected chi connectivity index (χ4v) is 1.99.